The van der Waals surface area contributed by atoms with Crippen molar-refractivity contribution in [3.8, 4) is 0 Å². The average Bonchev–Trinajstić information content (AvgIpc) is 3.35. The minimum absolute atomic E-state index is 0.199. The number of H-pyrrole nitrogens is 1. The summed E-state index contributed by atoms with van der Waals surface area (Å²) in [6.07, 6.45) is 5.11. The molecule has 0 radical (unpaired) electrons. The summed E-state index contributed by atoms with van der Waals surface area (Å²) in [6, 6.07) is 15.8. The van der Waals surface area contributed by atoms with Crippen molar-refractivity contribution >= 4 is 10.0 Å². The number of nitrogens with one attached hydrogen (secondary N) is 1. The summed E-state index contributed by atoms with van der Waals surface area (Å²) in [7, 11) is -3.56. The van der Waals surface area contributed by atoms with Crippen LogP contribution in [0.4, 0.5) is 0 Å². The maximum Gasteiger partial charge on any atom is 0.246 e. The molecule has 7 heteroatoms. The smallest absolute Gasteiger partial charge is 0.246 e. The van der Waals surface area contributed by atoms with Crippen LogP contribution in [0, 0.1) is 0 Å². The van der Waals surface area contributed by atoms with E-state index in [1.54, 1.807) is 4.31 Å². The summed E-state index contributed by atoms with van der Waals surface area (Å²) in [5, 5.41) is 6.35. The molecule has 1 aliphatic heterocycles. The Bertz CT molecular complexity index is 972. The van der Waals surface area contributed by atoms with Crippen molar-refractivity contribution in [1.82, 2.24) is 19.5 Å². The van der Waals surface area contributed by atoms with E-state index in [9.17, 15) is 8.42 Å². The lowest BCUT2D eigenvalue weighted by Crippen LogP contribution is -2.31. The van der Waals surface area contributed by atoms with Gasteiger partial charge in [0, 0.05) is 24.9 Å². The van der Waals surface area contributed by atoms with Gasteiger partial charge in [0.15, 0.2) is 0 Å². The molecule has 0 bridgehead atoms. The van der Waals surface area contributed by atoms with Crippen LogP contribution in [-0.2, 0) is 16.4 Å². The van der Waals surface area contributed by atoms with Crippen molar-refractivity contribution in [1.29, 1.82) is 0 Å². The van der Waals surface area contributed by atoms with Crippen molar-refractivity contribution in [3.63, 3.8) is 0 Å². The molecule has 3 heterocycles. The highest BCUT2D eigenvalue weighted by molar-refractivity contribution is 7.89. The molecule has 1 aliphatic rings. The van der Waals surface area contributed by atoms with Crippen LogP contribution in [0.3, 0.4) is 0 Å². The molecule has 2 aromatic heterocycles. The Balaban J connectivity index is 1.61. The Hall–Kier alpha value is -2.51. The van der Waals surface area contributed by atoms with E-state index in [4.69, 9.17) is 4.98 Å². The Morgan fingerprint density at radius 2 is 1.96 bits per heavy atom. The van der Waals surface area contributed by atoms with Crippen molar-refractivity contribution in [2.45, 2.75) is 30.2 Å². The topological polar surface area (TPSA) is 79.0 Å². The molecular weight excluding hydrogens is 348 g/mol. The van der Waals surface area contributed by atoms with Crippen LogP contribution in [0.25, 0.3) is 0 Å². The van der Waals surface area contributed by atoms with Crippen LogP contribution >= 0.6 is 0 Å². The van der Waals surface area contributed by atoms with Gasteiger partial charge in [-0.2, -0.15) is 9.40 Å². The Labute approximate surface area is 153 Å². The van der Waals surface area contributed by atoms with E-state index in [2.05, 4.69) is 22.3 Å². The lowest BCUT2D eigenvalue weighted by atomic mass is 10.1. The standard InChI is InChI=1S/C19H20N4O2S/c24-26(25,17-13-20-21-14-17)23-11-5-10-19(23)18-9-4-8-16(22-18)12-15-6-2-1-3-7-15/h1-4,6-9,13-14,19H,5,10-12H2,(H,20,21)/t19-/m0/s1. The summed E-state index contributed by atoms with van der Waals surface area (Å²) in [5.41, 5.74) is 2.94. The number of aromatic nitrogens is 3. The third-order valence-corrected chi connectivity index (χ3v) is 6.55. The van der Waals surface area contributed by atoms with Gasteiger partial charge in [-0.25, -0.2) is 8.42 Å². The molecule has 134 valence electrons. The molecule has 1 atom stereocenters. The van der Waals surface area contributed by atoms with Gasteiger partial charge >= 0.3 is 0 Å². The van der Waals surface area contributed by atoms with E-state index in [-0.39, 0.29) is 10.9 Å². The first-order valence-electron chi connectivity index (χ1n) is 8.65. The summed E-state index contributed by atoms with van der Waals surface area (Å²) in [6.45, 7) is 0.503. The molecule has 1 N–H and O–H groups in total. The fourth-order valence-electron chi connectivity index (χ4n) is 3.43. The second kappa shape index (κ2) is 7.01. The van der Waals surface area contributed by atoms with Gasteiger partial charge < -0.3 is 0 Å². The maximum atomic E-state index is 12.9. The SMILES string of the molecule is O=S(=O)(c1cn[nH]c1)N1CCC[C@H]1c1cccc(Cc2ccccc2)n1. The average molecular weight is 368 g/mol. The second-order valence-corrected chi connectivity index (χ2v) is 8.31. The lowest BCUT2D eigenvalue weighted by Gasteiger charge is -2.23. The quantitative estimate of drug-likeness (QED) is 0.751. The fraction of sp³-hybridized carbons (Fsp3) is 0.263. The maximum absolute atomic E-state index is 12.9. The number of benzene rings is 1. The predicted octanol–water partition coefficient (Wildman–Crippen LogP) is 2.92. The molecule has 0 spiro atoms. The van der Waals surface area contributed by atoms with E-state index < -0.39 is 10.0 Å². The van der Waals surface area contributed by atoms with E-state index in [1.165, 1.54) is 18.0 Å². The zero-order valence-electron chi connectivity index (χ0n) is 14.2. The second-order valence-electron chi connectivity index (χ2n) is 6.42. The third-order valence-electron chi connectivity index (χ3n) is 4.68. The summed E-state index contributed by atoms with van der Waals surface area (Å²) >= 11 is 0. The van der Waals surface area contributed by atoms with Crippen LogP contribution < -0.4 is 0 Å². The van der Waals surface area contributed by atoms with Crippen LogP contribution in [0.5, 0.6) is 0 Å². The number of pyridine rings is 1. The monoisotopic (exact) mass is 368 g/mol. The fourth-order valence-corrected chi connectivity index (χ4v) is 5.00. The molecule has 4 rings (SSSR count). The van der Waals surface area contributed by atoms with Crippen molar-refractivity contribution < 1.29 is 8.42 Å². The first-order chi connectivity index (χ1) is 12.6. The Morgan fingerprint density at radius 1 is 1.12 bits per heavy atom. The van der Waals surface area contributed by atoms with Crippen LogP contribution in [0.2, 0.25) is 0 Å². The van der Waals surface area contributed by atoms with E-state index >= 15 is 0 Å². The number of hydrogen-bond donors (Lipinski definition) is 1. The van der Waals surface area contributed by atoms with Gasteiger partial charge in [0.2, 0.25) is 10.0 Å². The Morgan fingerprint density at radius 3 is 2.73 bits per heavy atom. The van der Waals surface area contributed by atoms with Gasteiger partial charge in [-0.05, 0) is 30.5 Å². The van der Waals surface area contributed by atoms with E-state index in [0.717, 1.165) is 30.7 Å². The lowest BCUT2D eigenvalue weighted by molar-refractivity contribution is 0.390. The highest BCUT2D eigenvalue weighted by Crippen LogP contribution is 2.35. The molecular formula is C19H20N4O2S. The van der Waals surface area contributed by atoms with Gasteiger partial charge in [0.25, 0.3) is 0 Å². The molecule has 1 aromatic carbocycles. The van der Waals surface area contributed by atoms with E-state index in [0.29, 0.717) is 6.54 Å². The van der Waals surface area contributed by atoms with Crippen LogP contribution in [-0.4, -0.2) is 34.4 Å². The minimum atomic E-state index is -3.56. The molecule has 1 fully saturated rings. The highest BCUT2D eigenvalue weighted by atomic mass is 32.2. The van der Waals surface area contributed by atoms with Gasteiger partial charge in [0.1, 0.15) is 4.90 Å². The van der Waals surface area contributed by atoms with Crippen molar-refractivity contribution in [3.05, 3.63) is 77.9 Å². The highest BCUT2D eigenvalue weighted by Gasteiger charge is 2.37. The number of hydrogen-bond acceptors (Lipinski definition) is 4. The summed E-state index contributed by atoms with van der Waals surface area (Å²) < 4.78 is 27.3. The molecule has 6 nitrogen and oxygen atoms in total. The van der Waals surface area contributed by atoms with Crippen molar-refractivity contribution in [2.75, 3.05) is 6.54 Å². The zero-order valence-corrected chi connectivity index (χ0v) is 15.1. The van der Waals surface area contributed by atoms with Gasteiger partial charge in [-0.3, -0.25) is 10.1 Å². The number of nitrogens with zero attached hydrogens (tertiary/aromatic N) is 3. The predicted molar refractivity (Wildman–Crippen MR) is 97.9 cm³/mol. The van der Waals surface area contributed by atoms with Gasteiger partial charge in [-0.1, -0.05) is 36.4 Å². The van der Waals surface area contributed by atoms with Crippen molar-refractivity contribution in [2.24, 2.45) is 0 Å². The third kappa shape index (κ3) is 3.27. The van der Waals surface area contributed by atoms with Gasteiger partial charge in [0.05, 0.1) is 17.9 Å². The molecule has 0 aliphatic carbocycles. The minimum Gasteiger partial charge on any atom is -0.284 e. The zero-order chi connectivity index (χ0) is 18.0. The van der Waals surface area contributed by atoms with Gasteiger partial charge in [-0.15, -0.1) is 0 Å². The number of sulfonamides is 1. The molecule has 0 unspecified atom stereocenters. The first-order valence-corrected chi connectivity index (χ1v) is 10.1. The Kier molecular flexibility index (Phi) is 4.57. The van der Waals surface area contributed by atoms with Crippen LogP contribution in [0.15, 0.2) is 65.8 Å². The van der Waals surface area contributed by atoms with Crippen LogP contribution in [0.1, 0.15) is 35.8 Å². The number of aromatic amines is 1. The summed E-state index contributed by atoms with van der Waals surface area (Å²) in [5.74, 6) is 0. The largest absolute Gasteiger partial charge is 0.284 e. The molecule has 1 saturated heterocycles. The molecule has 0 amide bonds. The summed E-state index contributed by atoms with van der Waals surface area (Å²) in [4.78, 5) is 4.96. The molecule has 3 aromatic rings. The molecule has 26 heavy (non-hydrogen) atoms. The van der Waals surface area contributed by atoms with E-state index in [1.807, 2.05) is 36.4 Å². The first kappa shape index (κ1) is 16.9. The molecule has 0 saturated carbocycles. The number of rotatable bonds is 5. The normalized spacial score (nSPS) is 18.2.